The van der Waals surface area contributed by atoms with Crippen molar-refractivity contribution < 1.29 is 13.5 Å². The van der Waals surface area contributed by atoms with Gasteiger partial charge >= 0.3 is 0 Å². The standard InChI is InChI=1S/C25H23F2N3O/c1-15(2)30-8-9-31-25-20(26)12-19(13-22(25)30)24-21(27)14-28-23(29-24)11-16-6-7-17-4-3-5-18(17)10-16/h3-4,6-7,10,12-15H,5,8-9,11H2,1-2H3. The maximum atomic E-state index is 14.8. The van der Waals surface area contributed by atoms with Gasteiger partial charge in [0.15, 0.2) is 17.4 Å². The highest BCUT2D eigenvalue weighted by Gasteiger charge is 2.25. The van der Waals surface area contributed by atoms with Crippen molar-refractivity contribution >= 4 is 11.8 Å². The average Bonchev–Trinajstić information content (AvgIpc) is 3.22. The van der Waals surface area contributed by atoms with Crippen LogP contribution in [0, 0.1) is 11.6 Å². The molecular weight excluding hydrogens is 396 g/mol. The van der Waals surface area contributed by atoms with E-state index in [9.17, 15) is 8.78 Å². The van der Waals surface area contributed by atoms with Crippen LogP contribution in [0.2, 0.25) is 0 Å². The summed E-state index contributed by atoms with van der Waals surface area (Å²) in [5.41, 5.74) is 4.67. The molecule has 0 saturated heterocycles. The lowest BCUT2D eigenvalue weighted by molar-refractivity contribution is 0.287. The molecule has 0 saturated carbocycles. The fraction of sp³-hybridized carbons (Fsp3) is 0.280. The molecule has 2 aromatic carbocycles. The molecule has 2 aliphatic rings. The molecule has 6 heteroatoms. The zero-order chi connectivity index (χ0) is 21.5. The van der Waals surface area contributed by atoms with E-state index in [1.165, 1.54) is 23.4 Å². The van der Waals surface area contributed by atoms with Crippen molar-refractivity contribution in [2.45, 2.75) is 32.7 Å². The lowest BCUT2D eigenvalue weighted by Gasteiger charge is -2.34. The predicted octanol–water partition coefficient (Wildman–Crippen LogP) is 5.19. The van der Waals surface area contributed by atoms with Gasteiger partial charge in [-0.15, -0.1) is 0 Å². The van der Waals surface area contributed by atoms with Crippen LogP contribution in [-0.4, -0.2) is 29.2 Å². The predicted molar refractivity (Wildman–Crippen MR) is 117 cm³/mol. The summed E-state index contributed by atoms with van der Waals surface area (Å²) in [6.07, 6.45) is 6.81. The minimum atomic E-state index is -0.575. The highest BCUT2D eigenvalue weighted by atomic mass is 19.1. The second-order valence-electron chi connectivity index (χ2n) is 8.24. The van der Waals surface area contributed by atoms with Gasteiger partial charge in [-0.05, 0) is 49.1 Å². The van der Waals surface area contributed by atoms with Crippen LogP contribution in [0.5, 0.6) is 5.75 Å². The molecule has 5 rings (SSSR count). The van der Waals surface area contributed by atoms with Gasteiger partial charge in [0.2, 0.25) is 0 Å². The number of hydrogen-bond donors (Lipinski definition) is 0. The van der Waals surface area contributed by atoms with Crippen molar-refractivity contribution in [1.82, 2.24) is 9.97 Å². The van der Waals surface area contributed by atoms with Crippen LogP contribution < -0.4 is 9.64 Å². The zero-order valence-corrected chi connectivity index (χ0v) is 17.5. The first-order valence-electron chi connectivity index (χ1n) is 10.5. The molecule has 0 atom stereocenters. The first-order chi connectivity index (χ1) is 15.0. The minimum absolute atomic E-state index is 0.101. The van der Waals surface area contributed by atoms with Gasteiger partial charge in [-0.2, -0.15) is 0 Å². The smallest absolute Gasteiger partial charge is 0.178 e. The SMILES string of the molecule is CC(C)N1CCOc2c(F)cc(-c3nc(Cc4ccc5c(c4)CC=C5)ncc3F)cc21. The Morgan fingerprint density at radius 2 is 2.00 bits per heavy atom. The van der Waals surface area contributed by atoms with Crippen LogP contribution in [0.15, 0.2) is 42.6 Å². The van der Waals surface area contributed by atoms with Crippen LogP contribution in [0.3, 0.4) is 0 Å². The Hall–Kier alpha value is -3.28. The van der Waals surface area contributed by atoms with Crippen molar-refractivity contribution in [3.63, 3.8) is 0 Å². The van der Waals surface area contributed by atoms with Crippen molar-refractivity contribution in [1.29, 1.82) is 0 Å². The van der Waals surface area contributed by atoms with E-state index in [2.05, 4.69) is 39.2 Å². The molecule has 1 aromatic heterocycles. The summed E-state index contributed by atoms with van der Waals surface area (Å²) in [6.45, 7) is 5.15. The van der Waals surface area contributed by atoms with Crippen molar-refractivity contribution in [2.24, 2.45) is 0 Å². The molecule has 0 fully saturated rings. The number of aromatic nitrogens is 2. The Labute approximate surface area is 180 Å². The summed E-state index contributed by atoms with van der Waals surface area (Å²) < 4.78 is 35.1. The molecule has 0 unspecified atom stereocenters. The van der Waals surface area contributed by atoms with Crippen LogP contribution in [0.1, 0.15) is 36.4 Å². The molecule has 0 radical (unpaired) electrons. The number of nitrogens with zero attached hydrogens (tertiary/aromatic N) is 3. The van der Waals surface area contributed by atoms with Crippen molar-refractivity contribution in [2.75, 3.05) is 18.1 Å². The molecule has 0 N–H and O–H groups in total. The number of hydrogen-bond acceptors (Lipinski definition) is 4. The van der Waals surface area contributed by atoms with Gasteiger partial charge in [0.1, 0.15) is 18.1 Å². The Kier molecular flexibility index (Phi) is 4.93. The van der Waals surface area contributed by atoms with E-state index in [4.69, 9.17) is 4.74 Å². The van der Waals surface area contributed by atoms with Crippen molar-refractivity contribution in [3.05, 3.63) is 76.8 Å². The minimum Gasteiger partial charge on any atom is -0.486 e. The molecule has 2 heterocycles. The first-order valence-corrected chi connectivity index (χ1v) is 10.5. The number of halogens is 2. The third-order valence-electron chi connectivity index (χ3n) is 5.81. The Morgan fingerprint density at radius 1 is 1.13 bits per heavy atom. The largest absolute Gasteiger partial charge is 0.486 e. The number of allylic oxidation sites excluding steroid dienone is 1. The number of anilines is 1. The van der Waals surface area contributed by atoms with E-state index in [1.807, 2.05) is 19.9 Å². The molecule has 0 spiro atoms. The van der Waals surface area contributed by atoms with Gasteiger partial charge in [-0.25, -0.2) is 18.7 Å². The summed E-state index contributed by atoms with van der Waals surface area (Å²) in [7, 11) is 0. The summed E-state index contributed by atoms with van der Waals surface area (Å²) in [4.78, 5) is 10.7. The Balaban J connectivity index is 1.51. The normalized spacial score (nSPS) is 14.5. The zero-order valence-electron chi connectivity index (χ0n) is 17.5. The second-order valence-corrected chi connectivity index (χ2v) is 8.24. The van der Waals surface area contributed by atoms with E-state index in [1.54, 1.807) is 6.07 Å². The van der Waals surface area contributed by atoms with E-state index >= 15 is 0 Å². The first kappa shape index (κ1) is 19.7. The second kappa shape index (κ2) is 7.76. The maximum Gasteiger partial charge on any atom is 0.178 e. The lowest BCUT2D eigenvalue weighted by Crippen LogP contribution is -2.38. The van der Waals surface area contributed by atoms with Crippen molar-refractivity contribution in [3.8, 4) is 17.0 Å². The molecule has 1 aliphatic heterocycles. The van der Waals surface area contributed by atoms with E-state index in [0.29, 0.717) is 36.6 Å². The van der Waals surface area contributed by atoms with Crippen LogP contribution in [0.4, 0.5) is 14.5 Å². The molecule has 0 amide bonds. The fourth-order valence-electron chi connectivity index (χ4n) is 4.27. The van der Waals surface area contributed by atoms with E-state index in [-0.39, 0.29) is 17.5 Å². The molecule has 31 heavy (non-hydrogen) atoms. The molecule has 158 valence electrons. The third-order valence-corrected chi connectivity index (χ3v) is 5.81. The molecule has 1 aliphatic carbocycles. The summed E-state index contributed by atoms with van der Waals surface area (Å²) >= 11 is 0. The van der Waals surface area contributed by atoms with Gasteiger partial charge < -0.3 is 9.64 Å². The topological polar surface area (TPSA) is 38.2 Å². The van der Waals surface area contributed by atoms with E-state index in [0.717, 1.165) is 12.0 Å². The summed E-state index contributed by atoms with van der Waals surface area (Å²) in [5, 5.41) is 0. The van der Waals surface area contributed by atoms with Gasteiger partial charge in [0, 0.05) is 18.0 Å². The fourth-order valence-corrected chi connectivity index (χ4v) is 4.27. The number of fused-ring (bicyclic) bond motifs is 2. The number of benzene rings is 2. The Bertz CT molecular complexity index is 1190. The Morgan fingerprint density at radius 3 is 2.84 bits per heavy atom. The van der Waals surface area contributed by atoms with Crippen LogP contribution in [0.25, 0.3) is 17.3 Å². The van der Waals surface area contributed by atoms with Gasteiger partial charge in [0.25, 0.3) is 0 Å². The summed E-state index contributed by atoms with van der Waals surface area (Å²) in [5.74, 6) is -0.375. The monoisotopic (exact) mass is 419 g/mol. The van der Waals surface area contributed by atoms with Gasteiger partial charge in [0.05, 0.1) is 18.4 Å². The van der Waals surface area contributed by atoms with Gasteiger partial charge in [-0.1, -0.05) is 30.4 Å². The maximum absolute atomic E-state index is 14.8. The van der Waals surface area contributed by atoms with Crippen LogP contribution in [-0.2, 0) is 12.8 Å². The van der Waals surface area contributed by atoms with Gasteiger partial charge in [-0.3, -0.25) is 0 Å². The quantitative estimate of drug-likeness (QED) is 0.583. The highest BCUT2D eigenvalue weighted by molar-refractivity contribution is 5.72. The lowest BCUT2D eigenvalue weighted by atomic mass is 10.0. The van der Waals surface area contributed by atoms with Crippen LogP contribution >= 0.6 is 0 Å². The molecule has 4 nitrogen and oxygen atoms in total. The summed E-state index contributed by atoms with van der Waals surface area (Å²) in [6, 6.07) is 9.47. The number of rotatable bonds is 4. The molecular formula is C25H23F2N3O. The molecule has 0 bridgehead atoms. The molecule has 3 aromatic rings. The van der Waals surface area contributed by atoms with E-state index < -0.39 is 11.6 Å². The highest BCUT2D eigenvalue weighted by Crippen LogP contribution is 2.39. The number of ether oxygens (including phenoxy) is 1. The third kappa shape index (κ3) is 3.67. The average molecular weight is 419 g/mol.